The summed E-state index contributed by atoms with van der Waals surface area (Å²) in [5, 5.41) is 3.11. The lowest BCUT2D eigenvalue weighted by molar-refractivity contribution is 0.637. The Labute approximate surface area is 118 Å². The van der Waals surface area contributed by atoms with Gasteiger partial charge in [-0.2, -0.15) is 0 Å². The van der Waals surface area contributed by atoms with Gasteiger partial charge in [-0.15, -0.1) is 11.3 Å². The molecule has 0 saturated heterocycles. The van der Waals surface area contributed by atoms with Crippen LogP contribution < -0.4 is 0 Å². The molecule has 0 atom stereocenters. The predicted octanol–water partition coefficient (Wildman–Crippen LogP) is 3.85. The summed E-state index contributed by atoms with van der Waals surface area (Å²) in [6.45, 7) is 2.69. The van der Waals surface area contributed by atoms with E-state index in [2.05, 4.69) is 9.97 Å². The maximum atomic E-state index is 13.6. The second-order valence-corrected chi connectivity index (χ2v) is 5.77. The quantitative estimate of drug-likeness (QED) is 0.744. The van der Waals surface area contributed by atoms with Crippen molar-refractivity contribution in [2.24, 2.45) is 0 Å². The largest absolute Gasteiger partial charge is 0.328 e. The second-order valence-electron chi connectivity index (χ2n) is 4.32. The van der Waals surface area contributed by atoms with Gasteiger partial charge in [-0.1, -0.05) is 6.07 Å². The van der Waals surface area contributed by atoms with Crippen molar-refractivity contribution in [1.29, 1.82) is 0 Å². The third-order valence-electron chi connectivity index (χ3n) is 3.02. The lowest BCUT2D eigenvalue weighted by Gasteiger charge is -2.02. The number of aryl methyl sites for hydroxylation is 3. The summed E-state index contributed by atoms with van der Waals surface area (Å²) in [5.74, 6) is -0.271. The fourth-order valence-corrected chi connectivity index (χ4v) is 3.06. The van der Waals surface area contributed by atoms with Gasteiger partial charge in [0.2, 0.25) is 0 Å². The maximum Gasteiger partial charge on any atom is 0.178 e. The Morgan fingerprint density at radius 2 is 2.32 bits per heavy atom. The van der Waals surface area contributed by atoms with Gasteiger partial charge >= 0.3 is 0 Å². The highest BCUT2D eigenvalue weighted by atomic mass is 32.1. The van der Waals surface area contributed by atoms with Gasteiger partial charge in [0.25, 0.3) is 0 Å². The van der Waals surface area contributed by atoms with Crippen molar-refractivity contribution in [2.45, 2.75) is 19.9 Å². The standard InChI is InChI=1S/C13H12FN3S2/c1-8-15-9(7-19-8)5-6-17-11-4-2-3-10(14)12(11)16-13(17)18/h2-4,7H,5-6H2,1H3,(H,16,18). The molecule has 0 radical (unpaired) electrons. The Morgan fingerprint density at radius 3 is 3.05 bits per heavy atom. The molecule has 0 saturated carbocycles. The van der Waals surface area contributed by atoms with E-state index in [1.165, 1.54) is 6.07 Å². The van der Waals surface area contributed by atoms with Crippen molar-refractivity contribution in [2.75, 3.05) is 0 Å². The summed E-state index contributed by atoms with van der Waals surface area (Å²) in [7, 11) is 0. The number of nitrogens with zero attached hydrogens (tertiary/aromatic N) is 2. The smallest absolute Gasteiger partial charge is 0.178 e. The molecule has 3 rings (SSSR count). The van der Waals surface area contributed by atoms with Crippen molar-refractivity contribution < 1.29 is 4.39 Å². The molecule has 0 aliphatic rings. The number of H-pyrrole nitrogens is 1. The average Bonchev–Trinajstić information content (AvgIpc) is 2.92. The molecule has 0 unspecified atom stereocenters. The first-order valence-electron chi connectivity index (χ1n) is 5.93. The highest BCUT2D eigenvalue weighted by Crippen LogP contribution is 2.18. The maximum absolute atomic E-state index is 13.6. The average molecular weight is 293 g/mol. The van der Waals surface area contributed by atoms with E-state index >= 15 is 0 Å². The van der Waals surface area contributed by atoms with Gasteiger partial charge in [0, 0.05) is 18.3 Å². The number of thiazole rings is 1. The van der Waals surface area contributed by atoms with Crippen LogP contribution in [0.4, 0.5) is 4.39 Å². The molecular weight excluding hydrogens is 281 g/mol. The zero-order chi connectivity index (χ0) is 13.4. The first-order chi connectivity index (χ1) is 9.15. The van der Waals surface area contributed by atoms with E-state index in [0.29, 0.717) is 16.8 Å². The number of hydrogen-bond donors (Lipinski definition) is 1. The zero-order valence-corrected chi connectivity index (χ0v) is 11.9. The Hall–Kier alpha value is -1.53. The Kier molecular flexibility index (Phi) is 3.20. The third kappa shape index (κ3) is 2.33. The number of imidazole rings is 1. The van der Waals surface area contributed by atoms with E-state index in [4.69, 9.17) is 12.2 Å². The van der Waals surface area contributed by atoms with Gasteiger partial charge in [-0.3, -0.25) is 0 Å². The fourth-order valence-electron chi connectivity index (χ4n) is 2.12. The minimum atomic E-state index is -0.271. The molecule has 3 nitrogen and oxygen atoms in total. The molecule has 0 spiro atoms. The minimum Gasteiger partial charge on any atom is -0.328 e. The van der Waals surface area contributed by atoms with Crippen LogP contribution in [0.5, 0.6) is 0 Å². The zero-order valence-electron chi connectivity index (χ0n) is 10.3. The van der Waals surface area contributed by atoms with Gasteiger partial charge in [0.1, 0.15) is 11.3 Å². The molecule has 98 valence electrons. The number of aromatic amines is 1. The van der Waals surface area contributed by atoms with Crippen molar-refractivity contribution in [3.63, 3.8) is 0 Å². The Balaban J connectivity index is 1.95. The number of para-hydroxylation sites is 1. The van der Waals surface area contributed by atoms with Crippen molar-refractivity contribution in [3.8, 4) is 0 Å². The number of halogens is 1. The topological polar surface area (TPSA) is 33.6 Å². The number of aromatic nitrogens is 3. The van der Waals surface area contributed by atoms with Crippen LogP contribution in [0.25, 0.3) is 11.0 Å². The van der Waals surface area contributed by atoms with E-state index < -0.39 is 0 Å². The van der Waals surface area contributed by atoms with Crippen LogP contribution in [0.2, 0.25) is 0 Å². The number of rotatable bonds is 3. The van der Waals surface area contributed by atoms with Crippen molar-refractivity contribution >= 4 is 34.6 Å². The lowest BCUT2D eigenvalue weighted by Crippen LogP contribution is -2.01. The molecule has 19 heavy (non-hydrogen) atoms. The van der Waals surface area contributed by atoms with Crippen LogP contribution in [-0.4, -0.2) is 14.5 Å². The summed E-state index contributed by atoms with van der Waals surface area (Å²) in [5.41, 5.74) is 2.33. The van der Waals surface area contributed by atoms with E-state index in [9.17, 15) is 4.39 Å². The normalized spacial score (nSPS) is 11.3. The number of benzene rings is 1. The first-order valence-corrected chi connectivity index (χ1v) is 7.22. The molecule has 0 aliphatic heterocycles. The summed E-state index contributed by atoms with van der Waals surface area (Å²) in [6, 6.07) is 5.00. The summed E-state index contributed by atoms with van der Waals surface area (Å²) < 4.78 is 16.1. The molecule has 6 heteroatoms. The van der Waals surface area contributed by atoms with E-state index in [-0.39, 0.29) is 5.82 Å². The van der Waals surface area contributed by atoms with Crippen LogP contribution in [0.15, 0.2) is 23.6 Å². The second kappa shape index (κ2) is 4.86. The van der Waals surface area contributed by atoms with Crippen LogP contribution in [0.3, 0.4) is 0 Å². The van der Waals surface area contributed by atoms with Gasteiger partial charge in [-0.05, 0) is 31.3 Å². The predicted molar refractivity (Wildman–Crippen MR) is 77.6 cm³/mol. The lowest BCUT2D eigenvalue weighted by atomic mass is 10.3. The Morgan fingerprint density at radius 1 is 1.47 bits per heavy atom. The fraction of sp³-hybridized carbons (Fsp3) is 0.231. The number of nitrogens with one attached hydrogen (secondary N) is 1. The SMILES string of the molecule is Cc1nc(CCn2c(=S)[nH]c3c(F)cccc32)cs1. The van der Waals surface area contributed by atoms with Crippen LogP contribution in [0.1, 0.15) is 10.7 Å². The highest BCUT2D eigenvalue weighted by Gasteiger charge is 2.08. The molecule has 3 aromatic rings. The van der Waals surface area contributed by atoms with E-state index in [1.807, 2.05) is 22.9 Å². The van der Waals surface area contributed by atoms with E-state index in [1.54, 1.807) is 17.4 Å². The van der Waals surface area contributed by atoms with Crippen LogP contribution in [0, 0.1) is 17.5 Å². The van der Waals surface area contributed by atoms with Crippen LogP contribution >= 0.6 is 23.6 Å². The van der Waals surface area contributed by atoms with Gasteiger partial charge in [-0.25, -0.2) is 9.37 Å². The number of hydrogen-bond acceptors (Lipinski definition) is 3. The van der Waals surface area contributed by atoms with Crippen molar-refractivity contribution in [1.82, 2.24) is 14.5 Å². The monoisotopic (exact) mass is 293 g/mol. The molecule has 0 fully saturated rings. The molecule has 2 heterocycles. The molecule has 0 aliphatic carbocycles. The molecular formula is C13H12FN3S2. The van der Waals surface area contributed by atoms with Gasteiger partial charge in [0.15, 0.2) is 4.77 Å². The highest BCUT2D eigenvalue weighted by molar-refractivity contribution is 7.71. The summed E-state index contributed by atoms with van der Waals surface area (Å²) in [4.78, 5) is 7.35. The van der Waals surface area contributed by atoms with Crippen LogP contribution in [-0.2, 0) is 13.0 Å². The first kappa shape index (κ1) is 12.5. The van der Waals surface area contributed by atoms with Gasteiger partial charge < -0.3 is 9.55 Å². The van der Waals surface area contributed by atoms with Crippen molar-refractivity contribution in [3.05, 3.63) is 44.9 Å². The Bertz CT molecular complexity index is 785. The minimum absolute atomic E-state index is 0.271. The summed E-state index contributed by atoms with van der Waals surface area (Å²) in [6.07, 6.45) is 0.794. The third-order valence-corrected chi connectivity index (χ3v) is 4.16. The summed E-state index contributed by atoms with van der Waals surface area (Å²) >= 11 is 6.89. The van der Waals surface area contributed by atoms with Gasteiger partial charge in [0.05, 0.1) is 16.2 Å². The molecule has 0 bridgehead atoms. The number of fused-ring (bicyclic) bond motifs is 1. The molecule has 2 aromatic heterocycles. The molecule has 0 amide bonds. The van der Waals surface area contributed by atoms with E-state index in [0.717, 1.165) is 22.6 Å². The molecule has 1 N–H and O–H groups in total. The molecule has 1 aromatic carbocycles.